The molecule has 0 spiro atoms. The second-order valence-electron chi connectivity index (χ2n) is 5.05. The molecule has 0 fully saturated rings. The van der Waals surface area contributed by atoms with Gasteiger partial charge in [-0.3, -0.25) is 0 Å². The van der Waals surface area contributed by atoms with Gasteiger partial charge in [-0.25, -0.2) is 13.2 Å². The van der Waals surface area contributed by atoms with Crippen molar-refractivity contribution in [3.63, 3.8) is 0 Å². The Labute approximate surface area is 140 Å². The van der Waals surface area contributed by atoms with Gasteiger partial charge in [0.15, 0.2) is 0 Å². The molecular formula is C17H25F3O4. The van der Waals surface area contributed by atoms with Gasteiger partial charge in [0.05, 0.1) is 46.2 Å². The highest BCUT2D eigenvalue weighted by Gasteiger charge is 2.10. The second-order valence-corrected chi connectivity index (χ2v) is 5.05. The SMILES string of the molecule is CCCOCCOCCOCCOCCc1c(F)cc(F)cc1F. The maximum Gasteiger partial charge on any atom is 0.132 e. The number of rotatable bonds is 14. The minimum absolute atomic E-state index is 0.0405. The summed E-state index contributed by atoms with van der Waals surface area (Å²) in [5, 5.41) is 0. The Bertz CT molecular complexity index is 434. The molecule has 0 saturated carbocycles. The summed E-state index contributed by atoms with van der Waals surface area (Å²) in [5.74, 6) is -2.72. The Morgan fingerprint density at radius 3 is 1.54 bits per heavy atom. The highest BCUT2D eigenvalue weighted by molar-refractivity contribution is 5.20. The monoisotopic (exact) mass is 350 g/mol. The van der Waals surface area contributed by atoms with E-state index >= 15 is 0 Å². The lowest BCUT2D eigenvalue weighted by atomic mass is 10.1. The first-order valence-electron chi connectivity index (χ1n) is 8.09. The van der Waals surface area contributed by atoms with Gasteiger partial charge >= 0.3 is 0 Å². The lowest BCUT2D eigenvalue weighted by Gasteiger charge is -2.08. The van der Waals surface area contributed by atoms with Crippen molar-refractivity contribution in [1.29, 1.82) is 0 Å². The highest BCUT2D eigenvalue weighted by Crippen LogP contribution is 2.15. The fourth-order valence-corrected chi connectivity index (χ4v) is 1.89. The van der Waals surface area contributed by atoms with Crippen molar-refractivity contribution in [2.24, 2.45) is 0 Å². The first kappa shape index (κ1) is 20.9. The van der Waals surface area contributed by atoms with Crippen molar-refractivity contribution in [3.8, 4) is 0 Å². The second kappa shape index (κ2) is 13.2. The third kappa shape index (κ3) is 9.22. The summed E-state index contributed by atoms with van der Waals surface area (Å²) in [6, 6.07) is 1.32. The Hall–Kier alpha value is -1.15. The van der Waals surface area contributed by atoms with Crippen molar-refractivity contribution in [1.82, 2.24) is 0 Å². The largest absolute Gasteiger partial charge is 0.379 e. The van der Waals surface area contributed by atoms with E-state index in [-0.39, 0.29) is 18.6 Å². The van der Waals surface area contributed by atoms with E-state index in [1.54, 1.807) is 0 Å². The van der Waals surface area contributed by atoms with E-state index in [0.717, 1.165) is 13.0 Å². The Morgan fingerprint density at radius 2 is 1.08 bits per heavy atom. The van der Waals surface area contributed by atoms with Gasteiger partial charge in [-0.1, -0.05) is 6.92 Å². The zero-order chi connectivity index (χ0) is 17.6. The minimum Gasteiger partial charge on any atom is -0.379 e. The number of halogens is 3. The van der Waals surface area contributed by atoms with Crippen LogP contribution in [0.5, 0.6) is 0 Å². The average Bonchev–Trinajstić information content (AvgIpc) is 2.53. The van der Waals surface area contributed by atoms with Crippen LogP contribution in [0, 0.1) is 17.5 Å². The normalized spacial score (nSPS) is 11.2. The smallest absolute Gasteiger partial charge is 0.132 e. The van der Waals surface area contributed by atoms with Gasteiger partial charge in [-0.2, -0.15) is 0 Å². The highest BCUT2D eigenvalue weighted by atomic mass is 19.1. The molecule has 7 heteroatoms. The van der Waals surface area contributed by atoms with Crippen LogP contribution in [0.25, 0.3) is 0 Å². The van der Waals surface area contributed by atoms with Crippen LogP contribution in [0.1, 0.15) is 18.9 Å². The van der Waals surface area contributed by atoms with Crippen LogP contribution in [0.3, 0.4) is 0 Å². The van der Waals surface area contributed by atoms with Crippen LogP contribution >= 0.6 is 0 Å². The molecule has 0 aliphatic heterocycles. The minimum atomic E-state index is -0.929. The van der Waals surface area contributed by atoms with Gasteiger partial charge in [-0.15, -0.1) is 0 Å². The lowest BCUT2D eigenvalue weighted by Crippen LogP contribution is -2.13. The molecule has 0 heterocycles. The van der Waals surface area contributed by atoms with Crippen LogP contribution in [0.2, 0.25) is 0 Å². The molecule has 1 aromatic carbocycles. The molecular weight excluding hydrogens is 325 g/mol. The summed E-state index contributed by atoms with van der Waals surface area (Å²) in [6.07, 6.45) is 1.03. The van der Waals surface area contributed by atoms with E-state index in [9.17, 15) is 13.2 Å². The predicted molar refractivity (Wildman–Crippen MR) is 83.6 cm³/mol. The van der Waals surface area contributed by atoms with Crippen LogP contribution in [-0.4, -0.2) is 52.9 Å². The molecule has 0 saturated heterocycles. The van der Waals surface area contributed by atoms with Crippen LogP contribution in [0.4, 0.5) is 13.2 Å². The summed E-state index contributed by atoms with van der Waals surface area (Å²) in [7, 11) is 0. The number of hydrogen-bond donors (Lipinski definition) is 0. The average molecular weight is 350 g/mol. The van der Waals surface area contributed by atoms with E-state index < -0.39 is 17.5 Å². The molecule has 0 radical (unpaired) electrons. The Kier molecular flexibility index (Phi) is 11.5. The van der Waals surface area contributed by atoms with Crippen LogP contribution in [-0.2, 0) is 25.4 Å². The molecule has 24 heavy (non-hydrogen) atoms. The zero-order valence-electron chi connectivity index (χ0n) is 14.0. The van der Waals surface area contributed by atoms with Crippen molar-refractivity contribution in [3.05, 3.63) is 35.1 Å². The fourth-order valence-electron chi connectivity index (χ4n) is 1.89. The van der Waals surface area contributed by atoms with Crippen LogP contribution < -0.4 is 0 Å². The molecule has 1 aromatic rings. The molecule has 138 valence electrons. The van der Waals surface area contributed by atoms with E-state index in [1.165, 1.54) is 0 Å². The molecule has 0 unspecified atom stereocenters. The summed E-state index contributed by atoms with van der Waals surface area (Å²) in [5.41, 5.74) is -0.170. The van der Waals surface area contributed by atoms with E-state index in [1.807, 2.05) is 6.92 Å². The number of benzene rings is 1. The molecule has 1 rings (SSSR count). The lowest BCUT2D eigenvalue weighted by molar-refractivity contribution is -0.00148. The van der Waals surface area contributed by atoms with E-state index in [0.29, 0.717) is 51.8 Å². The maximum absolute atomic E-state index is 13.4. The van der Waals surface area contributed by atoms with Gasteiger partial charge in [0.1, 0.15) is 17.5 Å². The first-order chi connectivity index (χ1) is 11.6. The molecule has 0 aromatic heterocycles. The Balaban J connectivity index is 1.94. The predicted octanol–water partition coefficient (Wildman–Crippen LogP) is 3.12. The van der Waals surface area contributed by atoms with Crippen molar-refractivity contribution in [2.45, 2.75) is 19.8 Å². The molecule has 0 amide bonds. The molecule has 0 aliphatic rings. The van der Waals surface area contributed by atoms with Gasteiger partial charge in [0.25, 0.3) is 0 Å². The van der Waals surface area contributed by atoms with E-state index in [4.69, 9.17) is 18.9 Å². The molecule has 0 N–H and O–H groups in total. The van der Waals surface area contributed by atoms with Gasteiger partial charge < -0.3 is 18.9 Å². The topological polar surface area (TPSA) is 36.9 Å². The molecule has 0 atom stereocenters. The molecule has 4 nitrogen and oxygen atoms in total. The third-order valence-corrected chi connectivity index (χ3v) is 3.07. The molecule has 0 aliphatic carbocycles. The summed E-state index contributed by atoms with van der Waals surface area (Å²) >= 11 is 0. The molecule has 0 bridgehead atoms. The first-order valence-corrected chi connectivity index (χ1v) is 8.09. The zero-order valence-corrected chi connectivity index (χ0v) is 14.0. The summed E-state index contributed by atoms with van der Waals surface area (Å²) in [6.45, 7) is 5.62. The van der Waals surface area contributed by atoms with E-state index in [2.05, 4.69) is 0 Å². The Morgan fingerprint density at radius 1 is 0.667 bits per heavy atom. The quantitative estimate of drug-likeness (QED) is 0.483. The van der Waals surface area contributed by atoms with Crippen molar-refractivity contribution in [2.75, 3.05) is 52.9 Å². The number of ether oxygens (including phenoxy) is 4. The maximum atomic E-state index is 13.4. The summed E-state index contributed by atoms with van der Waals surface area (Å²) in [4.78, 5) is 0. The fraction of sp³-hybridized carbons (Fsp3) is 0.647. The van der Waals surface area contributed by atoms with Gasteiger partial charge in [-0.05, 0) is 6.42 Å². The van der Waals surface area contributed by atoms with Crippen molar-refractivity contribution >= 4 is 0 Å². The third-order valence-electron chi connectivity index (χ3n) is 3.07. The van der Waals surface area contributed by atoms with Gasteiger partial charge in [0.2, 0.25) is 0 Å². The standard InChI is InChI=1S/C17H25F3O4/c1-2-4-21-6-8-23-10-11-24-9-7-22-5-3-15-16(19)12-14(18)13-17(15)20/h12-13H,2-11H2,1H3. The number of hydrogen-bond acceptors (Lipinski definition) is 4. The van der Waals surface area contributed by atoms with Gasteiger partial charge in [0, 0.05) is 30.7 Å². The van der Waals surface area contributed by atoms with Crippen LogP contribution in [0.15, 0.2) is 12.1 Å². The van der Waals surface area contributed by atoms with Crippen molar-refractivity contribution < 1.29 is 32.1 Å². The summed E-state index contributed by atoms with van der Waals surface area (Å²) < 4.78 is 60.6.